The van der Waals surface area contributed by atoms with Crippen LogP contribution in [0.3, 0.4) is 0 Å². The number of nitrogens with one attached hydrogen (secondary N) is 1. The summed E-state index contributed by atoms with van der Waals surface area (Å²) < 4.78 is 36.7. The third-order valence-electron chi connectivity index (χ3n) is 7.62. The van der Waals surface area contributed by atoms with E-state index in [0.29, 0.717) is 36.4 Å². The van der Waals surface area contributed by atoms with E-state index in [9.17, 15) is 13.6 Å². The summed E-state index contributed by atoms with van der Waals surface area (Å²) in [5.74, 6) is 1.42. The molecule has 37 heavy (non-hydrogen) atoms. The zero-order valence-corrected chi connectivity index (χ0v) is 21.8. The number of rotatable bonds is 6. The number of carbonyl (C=O) groups is 1. The first kappa shape index (κ1) is 25.6. The predicted molar refractivity (Wildman–Crippen MR) is 136 cm³/mol. The van der Waals surface area contributed by atoms with Gasteiger partial charge >= 0.3 is 0 Å². The second-order valence-corrected chi connectivity index (χ2v) is 10.7. The highest BCUT2D eigenvalue weighted by Crippen LogP contribution is 2.37. The van der Waals surface area contributed by atoms with Crippen LogP contribution in [0.25, 0.3) is 5.65 Å². The average Bonchev–Trinajstić information content (AvgIpc) is 3.47. The zero-order valence-electron chi connectivity index (χ0n) is 21.8. The molecule has 1 aliphatic carbocycles. The maximum absolute atomic E-state index is 13.9. The zero-order chi connectivity index (χ0) is 26.3. The maximum Gasteiger partial charge on any atom is 0.284 e. The molecule has 1 saturated carbocycles. The molecule has 2 fully saturated rings. The first-order valence-corrected chi connectivity index (χ1v) is 13.1. The van der Waals surface area contributed by atoms with Crippen molar-refractivity contribution in [3.8, 4) is 0 Å². The van der Waals surface area contributed by atoms with Crippen LogP contribution < -0.4 is 10.2 Å². The minimum absolute atomic E-state index is 0.0253. The molecular formula is C26H35F2N7O2. The van der Waals surface area contributed by atoms with Crippen molar-refractivity contribution in [1.82, 2.24) is 24.4 Å². The van der Waals surface area contributed by atoms with E-state index in [4.69, 9.17) is 4.74 Å². The van der Waals surface area contributed by atoms with E-state index in [1.165, 1.54) is 10.7 Å². The molecule has 0 unspecified atom stereocenters. The van der Waals surface area contributed by atoms with Gasteiger partial charge in [-0.1, -0.05) is 13.8 Å². The standard InChI is InChI=1S/C26H35F2N7O2/c1-15(2)18-5-7-19(8-6-18)35-14-21(23(32-35)24(27)28)30-26(36)20-11-29-34-10-9-22(31-25(20)34)33-12-16(3)37-17(4)13-33/h9-11,14-19,24H,5-8,12-13H2,1-4H3,(H,30,36)/t16-,17-,18-,19-/m0/s1. The monoisotopic (exact) mass is 515 g/mol. The van der Waals surface area contributed by atoms with Gasteiger partial charge in [0.1, 0.15) is 11.4 Å². The Morgan fingerprint density at radius 1 is 1.14 bits per heavy atom. The number of anilines is 2. The molecule has 3 aromatic rings. The Morgan fingerprint density at radius 3 is 2.49 bits per heavy atom. The van der Waals surface area contributed by atoms with Crippen LogP contribution in [0.1, 0.15) is 81.9 Å². The number of halogens is 2. The van der Waals surface area contributed by atoms with E-state index in [2.05, 4.69) is 39.2 Å². The predicted octanol–water partition coefficient (Wildman–Crippen LogP) is 5.12. The van der Waals surface area contributed by atoms with E-state index in [-0.39, 0.29) is 29.5 Å². The van der Waals surface area contributed by atoms with Gasteiger partial charge in [-0.3, -0.25) is 9.48 Å². The summed E-state index contributed by atoms with van der Waals surface area (Å²) in [6.45, 7) is 9.83. The van der Waals surface area contributed by atoms with Crippen LogP contribution in [0.5, 0.6) is 0 Å². The van der Waals surface area contributed by atoms with E-state index in [1.807, 2.05) is 19.9 Å². The lowest BCUT2D eigenvalue weighted by atomic mass is 9.80. The van der Waals surface area contributed by atoms with Gasteiger partial charge in [-0.15, -0.1) is 0 Å². The van der Waals surface area contributed by atoms with Gasteiger partial charge in [0.05, 0.1) is 30.1 Å². The number of fused-ring (bicyclic) bond motifs is 1. The van der Waals surface area contributed by atoms with Crippen molar-refractivity contribution in [2.75, 3.05) is 23.3 Å². The van der Waals surface area contributed by atoms with Crippen LogP contribution in [0.15, 0.2) is 24.7 Å². The van der Waals surface area contributed by atoms with Gasteiger partial charge < -0.3 is 15.0 Å². The molecule has 200 valence electrons. The van der Waals surface area contributed by atoms with E-state index >= 15 is 0 Å². The third-order valence-corrected chi connectivity index (χ3v) is 7.62. The molecule has 5 rings (SSSR count). The molecule has 1 N–H and O–H groups in total. The van der Waals surface area contributed by atoms with E-state index in [0.717, 1.165) is 25.7 Å². The second kappa shape index (κ2) is 10.4. The fourth-order valence-electron chi connectivity index (χ4n) is 5.63. The lowest BCUT2D eigenvalue weighted by molar-refractivity contribution is -0.00545. The summed E-state index contributed by atoms with van der Waals surface area (Å²) in [4.78, 5) is 20.0. The molecule has 4 heterocycles. The van der Waals surface area contributed by atoms with E-state index in [1.54, 1.807) is 17.1 Å². The molecule has 0 aromatic carbocycles. The summed E-state index contributed by atoms with van der Waals surface area (Å²) >= 11 is 0. The number of aromatic nitrogens is 5. The maximum atomic E-state index is 13.9. The van der Waals surface area contributed by atoms with Crippen LogP contribution >= 0.6 is 0 Å². The van der Waals surface area contributed by atoms with Crippen molar-refractivity contribution in [2.24, 2.45) is 11.8 Å². The smallest absolute Gasteiger partial charge is 0.284 e. The Kier molecular flexibility index (Phi) is 7.15. The van der Waals surface area contributed by atoms with E-state index < -0.39 is 18.0 Å². The lowest BCUT2D eigenvalue weighted by Gasteiger charge is -2.36. The minimum Gasteiger partial charge on any atom is -0.372 e. The number of morpholine rings is 1. The molecule has 0 spiro atoms. The van der Waals surface area contributed by atoms with Crippen LogP contribution in [0, 0.1) is 11.8 Å². The molecule has 2 atom stereocenters. The summed E-state index contributed by atoms with van der Waals surface area (Å²) in [5, 5.41) is 11.1. The van der Waals surface area contributed by atoms with Gasteiger partial charge in [-0.05, 0) is 57.4 Å². The van der Waals surface area contributed by atoms with Gasteiger partial charge in [0.25, 0.3) is 12.3 Å². The van der Waals surface area contributed by atoms with Crippen molar-refractivity contribution < 1.29 is 18.3 Å². The molecule has 1 saturated heterocycles. The summed E-state index contributed by atoms with van der Waals surface area (Å²) in [6.07, 6.45) is 5.87. The van der Waals surface area contributed by atoms with Crippen molar-refractivity contribution in [2.45, 2.75) is 78.1 Å². The molecule has 11 heteroatoms. The van der Waals surface area contributed by atoms with Crippen molar-refractivity contribution in [3.05, 3.63) is 35.9 Å². The largest absolute Gasteiger partial charge is 0.372 e. The average molecular weight is 516 g/mol. The first-order chi connectivity index (χ1) is 17.7. The SMILES string of the molecule is CC(C)[C@H]1CC[C@H](n2cc(NC(=O)c3cnn4ccc(N5C[C@H](C)O[C@@H](C)C5)nc34)c(C(F)F)n2)CC1. The Morgan fingerprint density at radius 2 is 1.84 bits per heavy atom. The molecule has 0 radical (unpaired) electrons. The van der Waals surface area contributed by atoms with Crippen molar-refractivity contribution in [3.63, 3.8) is 0 Å². The number of hydrogen-bond acceptors (Lipinski definition) is 6. The van der Waals surface area contributed by atoms with Crippen molar-refractivity contribution in [1.29, 1.82) is 0 Å². The fraction of sp³-hybridized carbons (Fsp3) is 0.615. The van der Waals surface area contributed by atoms with Crippen LogP contribution in [0.4, 0.5) is 20.3 Å². The Bertz CT molecular complexity index is 1240. The first-order valence-electron chi connectivity index (χ1n) is 13.1. The van der Waals surface area contributed by atoms with Crippen molar-refractivity contribution >= 4 is 23.1 Å². The molecular weight excluding hydrogens is 480 g/mol. The minimum atomic E-state index is -2.80. The normalized spacial score (nSPS) is 24.8. The Labute approximate surface area is 215 Å². The molecule has 3 aromatic heterocycles. The molecule has 2 aliphatic rings. The van der Waals surface area contributed by atoms with Gasteiger partial charge in [-0.2, -0.15) is 10.2 Å². The van der Waals surface area contributed by atoms with Gasteiger partial charge in [0.15, 0.2) is 11.3 Å². The molecule has 1 amide bonds. The molecule has 0 bridgehead atoms. The van der Waals surface area contributed by atoms with Gasteiger partial charge in [-0.25, -0.2) is 18.3 Å². The van der Waals surface area contributed by atoms with Crippen LogP contribution in [0.2, 0.25) is 0 Å². The molecule has 1 aliphatic heterocycles. The topological polar surface area (TPSA) is 89.6 Å². The highest BCUT2D eigenvalue weighted by atomic mass is 19.3. The van der Waals surface area contributed by atoms with Crippen LogP contribution in [-0.4, -0.2) is 55.6 Å². The number of alkyl halides is 2. The number of nitrogens with zero attached hydrogens (tertiary/aromatic N) is 6. The third kappa shape index (κ3) is 5.32. The quantitative estimate of drug-likeness (QED) is 0.490. The van der Waals surface area contributed by atoms with Gasteiger partial charge in [0, 0.05) is 25.5 Å². The Balaban J connectivity index is 1.37. The summed E-state index contributed by atoms with van der Waals surface area (Å²) in [5.41, 5.74) is 0.180. The Hall–Kier alpha value is -3.08. The number of ether oxygens (including phenoxy) is 1. The van der Waals surface area contributed by atoms with Crippen LogP contribution in [-0.2, 0) is 4.74 Å². The fourth-order valence-corrected chi connectivity index (χ4v) is 5.63. The summed E-state index contributed by atoms with van der Waals surface area (Å²) in [7, 11) is 0. The number of carbonyl (C=O) groups excluding carboxylic acids is 1. The highest BCUT2D eigenvalue weighted by Gasteiger charge is 2.29. The molecule has 9 nitrogen and oxygen atoms in total. The van der Waals surface area contributed by atoms with Gasteiger partial charge in [0.2, 0.25) is 0 Å². The summed E-state index contributed by atoms with van der Waals surface area (Å²) in [6, 6.07) is 1.90. The number of hydrogen-bond donors (Lipinski definition) is 1. The number of amides is 1. The lowest BCUT2D eigenvalue weighted by Crippen LogP contribution is -2.45. The second-order valence-electron chi connectivity index (χ2n) is 10.7. The highest BCUT2D eigenvalue weighted by molar-refractivity contribution is 6.08.